The van der Waals surface area contributed by atoms with E-state index in [-0.39, 0.29) is 23.3 Å². The molecule has 0 radical (unpaired) electrons. The molecule has 0 aliphatic heterocycles. The summed E-state index contributed by atoms with van der Waals surface area (Å²) in [6, 6.07) is 7.08. The van der Waals surface area contributed by atoms with Crippen molar-refractivity contribution in [1.82, 2.24) is 0 Å². The number of hydrogen-bond donors (Lipinski definition) is 0. The van der Waals surface area contributed by atoms with Crippen LogP contribution in [0, 0.1) is 17.5 Å². The van der Waals surface area contributed by atoms with Gasteiger partial charge in [-0.2, -0.15) is 0 Å². The molecule has 0 N–H and O–H groups in total. The minimum atomic E-state index is -0.739. The van der Waals surface area contributed by atoms with Crippen LogP contribution in [0.25, 0.3) is 0 Å². The Bertz CT molecular complexity index is 635. The lowest BCUT2D eigenvalue weighted by atomic mass is 10.0. The number of halogens is 3. The van der Waals surface area contributed by atoms with E-state index in [1.807, 2.05) is 0 Å². The monoisotopic (exact) mass is 296 g/mol. The quantitative estimate of drug-likeness (QED) is 0.619. The van der Waals surface area contributed by atoms with Crippen molar-refractivity contribution >= 4 is 17.5 Å². The lowest BCUT2D eigenvalue weighted by molar-refractivity contribution is 0.0992. The second kappa shape index (κ2) is 6.13. The van der Waals surface area contributed by atoms with Crippen molar-refractivity contribution in [2.24, 2.45) is 0 Å². The summed E-state index contributed by atoms with van der Waals surface area (Å²) < 4.78 is 39.6. The molecule has 0 aromatic heterocycles. The Morgan fingerprint density at radius 2 is 1.70 bits per heavy atom. The van der Waals surface area contributed by atoms with Crippen LogP contribution in [0.1, 0.15) is 15.9 Å². The van der Waals surface area contributed by atoms with Crippen molar-refractivity contribution in [3.05, 3.63) is 65.0 Å². The summed E-state index contributed by atoms with van der Waals surface area (Å²) in [6.07, 6.45) is 1.56. The van der Waals surface area contributed by atoms with Gasteiger partial charge in [0.15, 0.2) is 5.78 Å². The molecule has 0 aliphatic rings. The second-order valence-electron chi connectivity index (χ2n) is 4.23. The fourth-order valence-electron chi connectivity index (χ4n) is 1.84. The number of carbonyl (C=O) groups is 1. The zero-order valence-electron chi connectivity index (χ0n) is 10.6. The summed E-state index contributed by atoms with van der Waals surface area (Å²) in [7, 11) is 0. The molecule has 0 fully saturated rings. The topological polar surface area (TPSA) is 17.1 Å². The van der Waals surface area contributed by atoms with Gasteiger partial charge in [-0.3, -0.25) is 4.79 Å². The maximum atomic E-state index is 13.6. The average molecular weight is 296 g/mol. The van der Waals surface area contributed by atoms with Gasteiger partial charge in [-0.1, -0.05) is 6.07 Å². The summed E-state index contributed by atoms with van der Waals surface area (Å²) in [5.74, 6) is -2.34. The van der Waals surface area contributed by atoms with Gasteiger partial charge in [0, 0.05) is 22.9 Å². The average Bonchev–Trinajstić information content (AvgIpc) is 2.37. The van der Waals surface area contributed by atoms with Crippen LogP contribution in [0.3, 0.4) is 0 Å². The highest BCUT2D eigenvalue weighted by Gasteiger charge is 2.11. The maximum absolute atomic E-state index is 13.6. The Labute approximate surface area is 118 Å². The highest BCUT2D eigenvalue weighted by Crippen LogP contribution is 2.21. The normalized spacial score (nSPS) is 10.6. The van der Waals surface area contributed by atoms with E-state index in [0.717, 1.165) is 24.3 Å². The first-order valence-corrected chi connectivity index (χ1v) is 7.04. The molecule has 0 bridgehead atoms. The fourth-order valence-corrected chi connectivity index (χ4v) is 2.30. The Morgan fingerprint density at radius 3 is 2.25 bits per heavy atom. The number of ketones is 1. The Morgan fingerprint density at radius 1 is 1.05 bits per heavy atom. The standard InChI is InChI=1S/C15H11F3OS/c1-20-15-3-2-10(7-13(15)18)14(19)6-9-4-11(16)8-12(17)5-9/h2-5,7-8H,6H2,1H3. The van der Waals surface area contributed by atoms with E-state index in [1.165, 1.54) is 23.9 Å². The SMILES string of the molecule is CSc1ccc(C(=O)Cc2cc(F)cc(F)c2)cc1F. The number of benzene rings is 2. The molecule has 2 aromatic carbocycles. The highest BCUT2D eigenvalue weighted by atomic mass is 32.2. The molecule has 0 unspecified atom stereocenters. The molecular weight excluding hydrogens is 285 g/mol. The third kappa shape index (κ3) is 3.42. The molecule has 0 heterocycles. The number of thioether (sulfide) groups is 1. The van der Waals surface area contributed by atoms with Gasteiger partial charge in [-0.15, -0.1) is 11.8 Å². The van der Waals surface area contributed by atoms with Gasteiger partial charge in [-0.05, 0) is 36.1 Å². The van der Waals surface area contributed by atoms with Crippen LogP contribution in [0.15, 0.2) is 41.3 Å². The van der Waals surface area contributed by atoms with E-state index >= 15 is 0 Å². The van der Waals surface area contributed by atoms with Crippen LogP contribution in [-0.4, -0.2) is 12.0 Å². The smallest absolute Gasteiger partial charge is 0.167 e. The van der Waals surface area contributed by atoms with Gasteiger partial charge in [0.1, 0.15) is 17.5 Å². The van der Waals surface area contributed by atoms with E-state index in [9.17, 15) is 18.0 Å². The van der Waals surface area contributed by atoms with Crippen LogP contribution >= 0.6 is 11.8 Å². The zero-order valence-corrected chi connectivity index (χ0v) is 11.4. The van der Waals surface area contributed by atoms with Crippen molar-refractivity contribution in [2.75, 3.05) is 6.26 Å². The van der Waals surface area contributed by atoms with E-state index in [0.29, 0.717) is 4.90 Å². The van der Waals surface area contributed by atoms with Crippen LogP contribution in [-0.2, 0) is 6.42 Å². The number of rotatable bonds is 4. The van der Waals surface area contributed by atoms with E-state index in [4.69, 9.17) is 0 Å². The summed E-state index contributed by atoms with van der Waals surface area (Å²) in [6.45, 7) is 0. The molecular formula is C15H11F3OS. The van der Waals surface area contributed by atoms with Crippen LogP contribution in [0.5, 0.6) is 0 Å². The first-order chi connectivity index (χ1) is 9.49. The van der Waals surface area contributed by atoms with Gasteiger partial charge < -0.3 is 0 Å². The van der Waals surface area contributed by atoms with E-state index < -0.39 is 17.5 Å². The van der Waals surface area contributed by atoms with Crippen molar-refractivity contribution in [1.29, 1.82) is 0 Å². The zero-order chi connectivity index (χ0) is 14.7. The highest BCUT2D eigenvalue weighted by molar-refractivity contribution is 7.98. The first kappa shape index (κ1) is 14.7. The molecule has 1 nitrogen and oxygen atoms in total. The number of hydrogen-bond acceptors (Lipinski definition) is 2. The molecule has 2 aromatic rings. The molecule has 104 valence electrons. The molecule has 0 spiro atoms. The molecule has 20 heavy (non-hydrogen) atoms. The number of Topliss-reactive ketones (excluding diaryl/α,β-unsaturated/α-hetero) is 1. The summed E-state index contributed by atoms with van der Waals surface area (Å²) in [5, 5.41) is 0. The first-order valence-electron chi connectivity index (χ1n) is 5.81. The minimum absolute atomic E-state index is 0.174. The van der Waals surface area contributed by atoms with Gasteiger partial charge in [0.2, 0.25) is 0 Å². The third-order valence-corrected chi connectivity index (χ3v) is 3.53. The predicted molar refractivity (Wildman–Crippen MR) is 72.6 cm³/mol. The molecule has 0 saturated heterocycles. The van der Waals surface area contributed by atoms with Gasteiger partial charge in [0.05, 0.1) is 0 Å². The fraction of sp³-hybridized carbons (Fsp3) is 0.133. The molecule has 0 amide bonds. The molecule has 5 heteroatoms. The largest absolute Gasteiger partial charge is 0.294 e. The lowest BCUT2D eigenvalue weighted by Crippen LogP contribution is -2.05. The van der Waals surface area contributed by atoms with Crippen LogP contribution in [0.2, 0.25) is 0 Å². The van der Waals surface area contributed by atoms with E-state index in [1.54, 1.807) is 6.26 Å². The molecule has 0 saturated carbocycles. The minimum Gasteiger partial charge on any atom is -0.294 e. The van der Waals surface area contributed by atoms with Gasteiger partial charge in [0.25, 0.3) is 0 Å². The van der Waals surface area contributed by atoms with Gasteiger partial charge in [-0.25, -0.2) is 13.2 Å². The Balaban J connectivity index is 2.21. The predicted octanol–water partition coefficient (Wildman–Crippen LogP) is 4.25. The Hall–Kier alpha value is -1.75. The molecule has 2 rings (SSSR count). The maximum Gasteiger partial charge on any atom is 0.167 e. The van der Waals surface area contributed by atoms with Crippen molar-refractivity contribution in [3.63, 3.8) is 0 Å². The van der Waals surface area contributed by atoms with Crippen LogP contribution in [0.4, 0.5) is 13.2 Å². The van der Waals surface area contributed by atoms with Crippen molar-refractivity contribution in [3.8, 4) is 0 Å². The second-order valence-corrected chi connectivity index (χ2v) is 5.08. The van der Waals surface area contributed by atoms with Crippen molar-refractivity contribution in [2.45, 2.75) is 11.3 Å². The summed E-state index contributed by atoms with van der Waals surface area (Å²) in [4.78, 5) is 12.4. The summed E-state index contributed by atoms with van der Waals surface area (Å²) >= 11 is 1.24. The molecule has 0 aliphatic carbocycles. The number of carbonyl (C=O) groups excluding carboxylic acids is 1. The van der Waals surface area contributed by atoms with Crippen LogP contribution < -0.4 is 0 Å². The summed E-state index contributed by atoms with van der Waals surface area (Å²) in [5.41, 5.74) is 0.409. The van der Waals surface area contributed by atoms with E-state index in [2.05, 4.69) is 0 Å². The molecule has 0 atom stereocenters. The third-order valence-electron chi connectivity index (χ3n) is 2.76. The lowest BCUT2D eigenvalue weighted by Gasteiger charge is -2.05. The van der Waals surface area contributed by atoms with Gasteiger partial charge >= 0.3 is 0 Å². The Kier molecular flexibility index (Phi) is 4.49. The van der Waals surface area contributed by atoms with Crippen molar-refractivity contribution < 1.29 is 18.0 Å².